The molecule has 1 fully saturated rings. The molecule has 1 aliphatic rings. The minimum absolute atomic E-state index is 0.0367. The molecule has 1 heterocycles. The van der Waals surface area contributed by atoms with Gasteiger partial charge in [-0.1, -0.05) is 36.8 Å². The Balaban J connectivity index is 1.82. The highest BCUT2D eigenvalue weighted by Gasteiger charge is 2.41. The van der Waals surface area contributed by atoms with Crippen molar-refractivity contribution in [3.8, 4) is 5.75 Å². The Kier molecular flexibility index (Phi) is 6.40. The third kappa shape index (κ3) is 4.39. The molecule has 4 nitrogen and oxygen atoms in total. The van der Waals surface area contributed by atoms with Gasteiger partial charge in [-0.05, 0) is 69.4 Å². The van der Waals surface area contributed by atoms with Crippen molar-refractivity contribution < 1.29 is 14.3 Å². The van der Waals surface area contributed by atoms with Crippen molar-refractivity contribution in [1.29, 1.82) is 0 Å². The number of aryl methyl sites for hydroxylation is 2. The van der Waals surface area contributed by atoms with Crippen molar-refractivity contribution in [3.05, 3.63) is 59.2 Å². The van der Waals surface area contributed by atoms with Gasteiger partial charge in [-0.3, -0.25) is 4.79 Å². The maximum atomic E-state index is 13.4. The number of ether oxygens (including phenoxy) is 2. The zero-order valence-corrected chi connectivity index (χ0v) is 17.4. The molecule has 2 aromatic rings. The van der Waals surface area contributed by atoms with Crippen LogP contribution in [0.2, 0.25) is 0 Å². The van der Waals surface area contributed by atoms with E-state index in [0.717, 1.165) is 29.0 Å². The van der Waals surface area contributed by atoms with Crippen LogP contribution in [0.4, 0.5) is 5.69 Å². The quantitative estimate of drug-likeness (QED) is 0.751. The van der Waals surface area contributed by atoms with E-state index in [2.05, 4.69) is 50.4 Å². The molecule has 0 spiro atoms. The first kappa shape index (κ1) is 20.4. The van der Waals surface area contributed by atoms with Crippen molar-refractivity contribution in [2.24, 2.45) is 0 Å². The molecular weight excluding hydrogens is 350 g/mol. The smallest absolute Gasteiger partial charge is 0.235 e. The number of hydrogen-bond acceptors (Lipinski definition) is 3. The fourth-order valence-corrected chi connectivity index (χ4v) is 3.65. The molecule has 0 bridgehead atoms. The van der Waals surface area contributed by atoms with Crippen LogP contribution in [0, 0.1) is 13.8 Å². The minimum Gasteiger partial charge on any atom is -0.490 e. The highest BCUT2D eigenvalue weighted by molar-refractivity contribution is 5.99. The highest BCUT2D eigenvalue weighted by atomic mass is 16.5. The van der Waals surface area contributed by atoms with Crippen LogP contribution < -0.4 is 10.1 Å². The van der Waals surface area contributed by atoms with Crippen molar-refractivity contribution in [1.82, 2.24) is 0 Å². The van der Waals surface area contributed by atoms with Crippen LogP contribution in [-0.4, -0.2) is 25.2 Å². The maximum absolute atomic E-state index is 13.4. The van der Waals surface area contributed by atoms with Crippen molar-refractivity contribution >= 4 is 11.6 Å². The van der Waals surface area contributed by atoms with Crippen LogP contribution in [0.1, 0.15) is 49.8 Å². The lowest BCUT2D eigenvalue weighted by atomic mass is 9.73. The summed E-state index contributed by atoms with van der Waals surface area (Å²) in [5.74, 6) is 0.904. The van der Waals surface area contributed by atoms with Gasteiger partial charge >= 0.3 is 0 Å². The lowest BCUT2D eigenvalue weighted by molar-refractivity contribution is -0.125. The maximum Gasteiger partial charge on any atom is 0.235 e. The molecule has 1 atom stereocenters. The second kappa shape index (κ2) is 8.78. The Bertz CT molecular complexity index is 807. The zero-order valence-electron chi connectivity index (χ0n) is 17.4. The molecule has 1 saturated heterocycles. The summed E-state index contributed by atoms with van der Waals surface area (Å²) in [4.78, 5) is 13.4. The number of benzene rings is 2. The van der Waals surface area contributed by atoms with E-state index in [1.54, 1.807) is 0 Å². The van der Waals surface area contributed by atoms with Gasteiger partial charge in [0.25, 0.3) is 0 Å². The number of amides is 1. The summed E-state index contributed by atoms with van der Waals surface area (Å²) in [5.41, 5.74) is 3.53. The minimum atomic E-state index is -0.550. The van der Waals surface area contributed by atoms with Gasteiger partial charge in [0.05, 0.1) is 11.5 Å². The lowest BCUT2D eigenvalue weighted by Gasteiger charge is -2.36. The van der Waals surface area contributed by atoms with Gasteiger partial charge in [-0.15, -0.1) is 0 Å². The first-order valence-electron chi connectivity index (χ1n) is 10.2. The fourth-order valence-electron chi connectivity index (χ4n) is 3.65. The first-order valence-corrected chi connectivity index (χ1v) is 10.2. The van der Waals surface area contributed by atoms with E-state index < -0.39 is 5.41 Å². The molecule has 1 N–H and O–H groups in total. The van der Waals surface area contributed by atoms with Crippen LogP contribution in [0.25, 0.3) is 0 Å². The summed E-state index contributed by atoms with van der Waals surface area (Å²) in [6, 6.07) is 14.2. The van der Waals surface area contributed by atoms with Crippen LogP contribution in [0.5, 0.6) is 5.75 Å². The summed E-state index contributed by atoms with van der Waals surface area (Å²) in [6.45, 7) is 9.44. The molecule has 3 rings (SSSR count). The molecule has 28 heavy (non-hydrogen) atoms. The standard InChI is InChI=1S/C24H31NO3/c1-5-19(4)28-22-11-10-21(16-18(22)3)25-23(26)24(12-14-27-15-13-24)20-8-6-17(2)7-9-20/h6-11,16,19H,5,12-15H2,1-4H3,(H,25,26)/t19-/m1/s1. The number of carbonyl (C=O) groups is 1. The molecule has 1 aliphatic heterocycles. The van der Waals surface area contributed by atoms with Gasteiger partial charge in [-0.2, -0.15) is 0 Å². The number of hydrogen-bond donors (Lipinski definition) is 1. The van der Waals surface area contributed by atoms with E-state index in [1.807, 2.05) is 25.1 Å². The topological polar surface area (TPSA) is 47.6 Å². The molecule has 0 unspecified atom stereocenters. The van der Waals surface area contributed by atoms with Gasteiger partial charge in [0.2, 0.25) is 5.91 Å². The summed E-state index contributed by atoms with van der Waals surface area (Å²) in [5, 5.41) is 3.15. The van der Waals surface area contributed by atoms with Crippen LogP contribution in [0.15, 0.2) is 42.5 Å². The summed E-state index contributed by atoms with van der Waals surface area (Å²) in [6.07, 6.45) is 2.51. The third-order valence-electron chi connectivity index (χ3n) is 5.72. The molecule has 4 heteroatoms. The molecular formula is C24H31NO3. The Labute approximate surface area is 168 Å². The molecule has 0 aromatic heterocycles. The van der Waals surface area contributed by atoms with Crippen molar-refractivity contribution in [3.63, 3.8) is 0 Å². The number of anilines is 1. The molecule has 0 radical (unpaired) electrons. The normalized spacial score (nSPS) is 17.0. The largest absolute Gasteiger partial charge is 0.490 e. The second-order valence-electron chi connectivity index (χ2n) is 7.83. The predicted octanol–water partition coefficient (Wildman–Crippen LogP) is 5.17. The highest BCUT2D eigenvalue weighted by Crippen LogP contribution is 2.36. The van der Waals surface area contributed by atoms with E-state index in [0.29, 0.717) is 26.1 Å². The number of nitrogens with one attached hydrogen (secondary N) is 1. The Morgan fingerprint density at radius 2 is 1.82 bits per heavy atom. The van der Waals surface area contributed by atoms with E-state index in [4.69, 9.17) is 9.47 Å². The monoisotopic (exact) mass is 381 g/mol. The molecule has 0 saturated carbocycles. The molecule has 0 aliphatic carbocycles. The fraction of sp³-hybridized carbons (Fsp3) is 0.458. The summed E-state index contributed by atoms with van der Waals surface area (Å²) in [7, 11) is 0. The van der Waals surface area contributed by atoms with Gasteiger partial charge in [0.15, 0.2) is 0 Å². The molecule has 150 valence electrons. The van der Waals surface area contributed by atoms with E-state index in [9.17, 15) is 4.79 Å². The van der Waals surface area contributed by atoms with E-state index >= 15 is 0 Å². The lowest BCUT2D eigenvalue weighted by Crippen LogP contribution is -2.44. The molecule has 1 amide bonds. The van der Waals surface area contributed by atoms with Gasteiger partial charge in [0.1, 0.15) is 5.75 Å². The zero-order chi connectivity index (χ0) is 20.1. The van der Waals surface area contributed by atoms with E-state index in [1.165, 1.54) is 5.56 Å². The predicted molar refractivity (Wildman–Crippen MR) is 113 cm³/mol. The summed E-state index contributed by atoms with van der Waals surface area (Å²) >= 11 is 0. The van der Waals surface area contributed by atoms with E-state index in [-0.39, 0.29) is 12.0 Å². The average Bonchev–Trinajstić information content (AvgIpc) is 2.71. The van der Waals surface area contributed by atoms with Crippen LogP contribution in [-0.2, 0) is 14.9 Å². The number of carbonyl (C=O) groups excluding carboxylic acids is 1. The van der Waals surface area contributed by atoms with Crippen molar-refractivity contribution in [2.75, 3.05) is 18.5 Å². The van der Waals surface area contributed by atoms with Crippen LogP contribution >= 0.6 is 0 Å². The summed E-state index contributed by atoms with van der Waals surface area (Å²) < 4.78 is 11.5. The third-order valence-corrected chi connectivity index (χ3v) is 5.72. The Morgan fingerprint density at radius 1 is 1.14 bits per heavy atom. The SMILES string of the molecule is CC[C@@H](C)Oc1ccc(NC(=O)C2(c3ccc(C)cc3)CCOCC2)cc1C. The van der Waals surface area contributed by atoms with Crippen LogP contribution in [0.3, 0.4) is 0 Å². The Hall–Kier alpha value is -2.33. The Morgan fingerprint density at radius 3 is 2.43 bits per heavy atom. The second-order valence-corrected chi connectivity index (χ2v) is 7.83. The van der Waals surface area contributed by atoms with Gasteiger partial charge in [-0.25, -0.2) is 0 Å². The average molecular weight is 382 g/mol. The van der Waals surface area contributed by atoms with Crippen molar-refractivity contribution in [2.45, 2.75) is 58.5 Å². The van der Waals surface area contributed by atoms with Gasteiger partial charge in [0, 0.05) is 18.9 Å². The first-order chi connectivity index (χ1) is 13.4. The van der Waals surface area contributed by atoms with Gasteiger partial charge < -0.3 is 14.8 Å². The number of rotatable bonds is 6. The molecule has 2 aromatic carbocycles.